The number of anilines is 1. The number of hydrazine groups is 1. The van der Waals surface area contributed by atoms with Crippen LogP contribution in [0.3, 0.4) is 0 Å². The molecule has 6 nitrogen and oxygen atoms in total. The van der Waals surface area contributed by atoms with E-state index in [9.17, 15) is 14.4 Å². The van der Waals surface area contributed by atoms with Gasteiger partial charge in [0, 0.05) is 14.1 Å². The van der Waals surface area contributed by atoms with Gasteiger partial charge in [0.2, 0.25) is 0 Å². The predicted molar refractivity (Wildman–Crippen MR) is 113 cm³/mol. The summed E-state index contributed by atoms with van der Waals surface area (Å²) in [5, 5.41) is 1.51. The van der Waals surface area contributed by atoms with Crippen LogP contribution in [0.4, 0.5) is 5.69 Å². The fourth-order valence-corrected chi connectivity index (χ4v) is 3.71. The van der Waals surface area contributed by atoms with Gasteiger partial charge in [0.05, 0.1) is 22.4 Å². The molecule has 0 atom stereocenters. The molecule has 1 N–H and O–H groups in total. The highest BCUT2D eigenvalue weighted by Crippen LogP contribution is 2.40. The van der Waals surface area contributed by atoms with Crippen molar-refractivity contribution in [3.05, 3.63) is 64.2 Å². The minimum atomic E-state index is -0.454. The van der Waals surface area contributed by atoms with Crippen molar-refractivity contribution in [3.8, 4) is 0 Å². The van der Waals surface area contributed by atoms with Gasteiger partial charge in [0.25, 0.3) is 17.7 Å². The van der Waals surface area contributed by atoms with E-state index in [4.69, 9.17) is 0 Å². The number of nitrogens with one attached hydrogen (secondary N) is 1. The molecule has 1 aliphatic heterocycles. The van der Waals surface area contributed by atoms with Crippen molar-refractivity contribution < 1.29 is 14.4 Å². The van der Waals surface area contributed by atoms with Crippen LogP contribution in [0.5, 0.6) is 0 Å². The van der Waals surface area contributed by atoms with Gasteiger partial charge in [-0.1, -0.05) is 52.0 Å². The first-order valence-corrected chi connectivity index (χ1v) is 9.78. The van der Waals surface area contributed by atoms with Crippen molar-refractivity contribution in [1.29, 1.82) is 0 Å². The molecule has 1 aliphatic rings. The molecule has 0 fully saturated rings. The number of carbonyl (C=O) groups is 3. The molecule has 0 bridgehead atoms. The summed E-state index contributed by atoms with van der Waals surface area (Å²) in [5.41, 5.74) is 5.78. The summed E-state index contributed by atoms with van der Waals surface area (Å²) in [5.74, 6) is -1.01. The highest BCUT2D eigenvalue weighted by atomic mass is 16.2. The monoisotopic (exact) mass is 393 g/mol. The van der Waals surface area contributed by atoms with Crippen molar-refractivity contribution in [1.82, 2.24) is 10.4 Å². The molecule has 152 valence electrons. The van der Waals surface area contributed by atoms with Gasteiger partial charge in [0.15, 0.2) is 0 Å². The van der Waals surface area contributed by atoms with E-state index in [-0.39, 0.29) is 34.4 Å². The third-order valence-corrected chi connectivity index (χ3v) is 5.05. The van der Waals surface area contributed by atoms with Gasteiger partial charge in [-0.2, -0.15) is 0 Å². The highest BCUT2D eigenvalue weighted by Gasteiger charge is 2.41. The van der Waals surface area contributed by atoms with Crippen molar-refractivity contribution in [2.24, 2.45) is 0 Å². The minimum absolute atomic E-state index is 0.129. The maximum Gasteiger partial charge on any atom is 0.266 e. The minimum Gasteiger partial charge on any atom is -0.285 e. The van der Waals surface area contributed by atoms with Gasteiger partial charge >= 0.3 is 0 Å². The van der Waals surface area contributed by atoms with Crippen LogP contribution in [0.1, 0.15) is 81.7 Å². The van der Waals surface area contributed by atoms with Crippen LogP contribution in [-0.4, -0.2) is 36.8 Å². The average molecular weight is 393 g/mol. The number of rotatable bonds is 5. The summed E-state index contributed by atoms with van der Waals surface area (Å²) in [4.78, 5) is 40.7. The lowest BCUT2D eigenvalue weighted by Crippen LogP contribution is -2.37. The number of imide groups is 1. The number of fused-ring (bicyclic) bond motifs is 1. The Morgan fingerprint density at radius 2 is 1.45 bits per heavy atom. The van der Waals surface area contributed by atoms with Crippen molar-refractivity contribution in [2.45, 2.75) is 39.5 Å². The first-order valence-electron chi connectivity index (χ1n) is 9.78. The zero-order chi connectivity index (χ0) is 21.5. The summed E-state index contributed by atoms with van der Waals surface area (Å²) in [6, 6.07) is 10.7. The Morgan fingerprint density at radius 3 is 1.97 bits per heavy atom. The molecular weight excluding hydrogens is 366 g/mol. The Balaban J connectivity index is 2.20. The van der Waals surface area contributed by atoms with Gasteiger partial charge in [-0.05, 0) is 35.1 Å². The molecule has 0 saturated carbocycles. The van der Waals surface area contributed by atoms with Crippen LogP contribution in [0.25, 0.3) is 0 Å². The van der Waals surface area contributed by atoms with Gasteiger partial charge in [0.1, 0.15) is 0 Å². The Kier molecular flexibility index (Phi) is 5.57. The Bertz CT molecular complexity index is 967. The van der Waals surface area contributed by atoms with Crippen molar-refractivity contribution in [3.63, 3.8) is 0 Å². The maximum atomic E-state index is 13.5. The molecule has 0 spiro atoms. The smallest absolute Gasteiger partial charge is 0.266 e. The van der Waals surface area contributed by atoms with E-state index < -0.39 is 11.8 Å². The number of para-hydroxylation sites is 1. The molecule has 6 heteroatoms. The van der Waals surface area contributed by atoms with E-state index >= 15 is 0 Å². The number of hydrogen-bond donors (Lipinski definition) is 1. The molecule has 0 radical (unpaired) electrons. The lowest BCUT2D eigenvalue weighted by atomic mass is 9.92. The van der Waals surface area contributed by atoms with E-state index in [2.05, 4.69) is 5.43 Å². The first kappa shape index (κ1) is 20.7. The zero-order valence-corrected chi connectivity index (χ0v) is 17.7. The molecule has 29 heavy (non-hydrogen) atoms. The van der Waals surface area contributed by atoms with E-state index in [1.54, 1.807) is 32.3 Å². The summed E-state index contributed by atoms with van der Waals surface area (Å²) in [6.07, 6.45) is 0. The standard InChI is InChI=1S/C23H27N3O3/c1-13(2)15-9-7-10-16(14(3)4)20(15)26-22(28)18-12-8-11-17(19(18)23(26)29)21(27)24-25(5)6/h7-14H,1-6H3,(H,24,27). The first-order chi connectivity index (χ1) is 13.6. The molecule has 3 rings (SSSR count). The Labute approximate surface area is 171 Å². The predicted octanol–water partition coefficient (Wildman–Crippen LogP) is 3.94. The summed E-state index contributed by atoms with van der Waals surface area (Å²) in [7, 11) is 3.38. The van der Waals surface area contributed by atoms with E-state index in [1.165, 1.54) is 9.91 Å². The third-order valence-electron chi connectivity index (χ3n) is 5.05. The lowest BCUT2D eigenvalue weighted by molar-refractivity contribution is 0.0846. The summed E-state index contributed by atoms with van der Waals surface area (Å²) in [6.45, 7) is 8.16. The van der Waals surface area contributed by atoms with E-state index in [1.807, 2.05) is 45.9 Å². The normalized spacial score (nSPS) is 13.6. The zero-order valence-electron chi connectivity index (χ0n) is 17.7. The number of hydrogen-bond acceptors (Lipinski definition) is 4. The number of nitrogens with zero attached hydrogens (tertiary/aromatic N) is 2. The second-order valence-electron chi connectivity index (χ2n) is 8.10. The van der Waals surface area contributed by atoms with E-state index in [0.29, 0.717) is 5.69 Å². The molecule has 0 unspecified atom stereocenters. The van der Waals surface area contributed by atoms with Crippen LogP contribution < -0.4 is 10.3 Å². The molecule has 0 aliphatic carbocycles. The molecule has 0 saturated heterocycles. The van der Waals surface area contributed by atoms with Crippen molar-refractivity contribution >= 4 is 23.4 Å². The maximum absolute atomic E-state index is 13.5. The fourth-order valence-electron chi connectivity index (χ4n) is 3.71. The second-order valence-corrected chi connectivity index (χ2v) is 8.10. The third kappa shape index (κ3) is 3.56. The molecule has 2 aromatic carbocycles. The SMILES string of the molecule is CC(C)c1cccc(C(C)C)c1N1C(=O)c2cccc(C(=O)NN(C)C)c2C1=O. The van der Waals surface area contributed by atoms with Crippen LogP contribution >= 0.6 is 0 Å². The van der Waals surface area contributed by atoms with Crippen LogP contribution in [-0.2, 0) is 0 Å². The van der Waals surface area contributed by atoms with Gasteiger partial charge in [-0.15, -0.1) is 0 Å². The van der Waals surface area contributed by atoms with Crippen LogP contribution in [0.2, 0.25) is 0 Å². The van der Waals surface area contributed by atoms with Crippen LogP contribution in [0, 0.1) is 0 Å². The van der Waals surface area contributed by atoms with Gasteiger partial charge in [-0.25, -0.2) is 9.91 Å². The highest BCUT2D eigenvalue weighted by molar-refractivity contribution is 6.36. The van der Waals surface area contributed by atoms with Crippen LogP contribution in [0.15, 0.2) is 36.4 Å². The van der Waals surface area contributed by atoms with E-state index in [0.717, 1.165) is 11.1 Å². The number of benzene rings is 2. The summed E-state index contributed by atoms with van der Waals surface area (Å²) >= 11 is 0. The molecule has 3 amide bonds. The Hall–Kier alpha value is -2.99. The number of carbonyl (C=O) groups excluding carboxylic acids is 3. The topological polar surface area (TPSA) is 69.7 Å². The average Bonchev–Trinajstić information content (AvgIpc) is 2.91. The largest absolute Gasteiger partial charge is 0.285 e. The Morgan fingerprint density at radius 1 is 0.897 bits per heavy atom. The molecular formula is C23H27N3O3. The van der Waals surface area contributed by atoms with Gasteiger partial charge < -0.3 is 0 Å². The molecule has 2 aromatic rings. The number of amides is 3. The summed E-state index contributed by atoms with van der Waals surface area (Å²) < 4.78 is 0. The second kappa shape index (κ2) is 7.79. The quantitative estimate of drug-likeness (QED) is 0.617. The molecule has 1 heterocycles. The fraction of sp³-hybridized carbons (Fsp3) is 0.348. The lowest BCUT2D eigenvalue weighted by Gasteiger charge is -2.25. The molecule has 0 aromatic heterocycles. The van der Waals surface area contributed by atoms with Crippen molar-refractivity contribution in [2.75, 3.05) is 19.0 Å². The van der Waals surface area contributed by atoms with Gasteiger partial charge in [-0.3, -0.25) is 19.8 Å².